The highest BCUT2D eigenvalue weighted by atomic mass is 19.1. The number of carbonyl (C=O) groups is 3. The van der Waals surface area contributed by atoms with E-state index in [0.717, 1.165) is 6.07 Å². The first-order valence-corrected chi connectivity index (χ1v) is 10.8. The van der Waals surface area contributed by atoms with Crippen LogP contribution in [0.5, 0.6) is 0 Å². The third-order valence-electron chi connectivity index (χ3n) is 6.51. The van der Waals surface area contributed by atoms with Crippen LogP contribution in [0.1, 0.15) is 11.1 Å². The van der Waals surface area contributed by atoms with E-state index in [9.17, 15) is 28.3 Å². The van der Waals surface area contributed by atoms with Crippen LogP contribution in [0.25, 0.3) is 0 Å². The van der Waals surface area contributed by atoms with Gasteiger partial charge < -0.3 is 25.0 Å². The second kappa shape index (κ2) is 8.21. The molecular weight excluding hydrogens is 448 g/mol. The lowest BCUT2D eigenvalue weighted by molar-refractivity contribution is -0.148. The highest BCUT2D eigenvalue weighted by molar-refractivity contribution is 6.21. The van der Waals surface area contributed by atoms with Crippen LogP contribution < -0.4 is 5.32 Å². The lowest BCUT2D eigenvalue weighted by Crippen LogP contribution is -2.64. The summed E-state index contributed by atoms with van der Waals surface area (Å²) in [5.74, 6) is -4.62. The van der Waals surface area contributed by atoms with Gasteiger partial charge in [0.15, 0.2) is 11.2 Å². The van der Waals surface area contributed by atoms with Gasteiger partial charge in [-0.25, -0.2) is 8.78 Å². The van der Waals surface area contributed by atoms with E-state index in [1.165, 1.54) is 15.9 Å². The van der Waals surface area contributed by atoms with Gasteiger partial charge in [-0.1, -0.05) is 36.4 Å². The summed E-state index contributed by atoms with van der Waals surface area (Å²) in [5, 5.41) is 13.5. The predicted octanol–water partition coefficient (Wildman–Crippen LogP) is 1.37. The molecule has 2 aromatic rings. The maximum Gasteiger partial charge on any atom is 0.276 e. The van der Waals surface area contributed by atoms with Gasteiger partial charge >= 0.3 is 0 Å². The molecule has 2 atom stereocenters. The van der Waals surface area contributed by atoms with E-state index in [1.54, 1.807) is 30.3 Å². The second-order valence-electron chi connectivity index (χ2n) is 8.42. The molecule has 0 bridgehead atoms. The normalized spacial score (nSPS) is 24.2. The topological polar surface area (TPSA) is 99.2 Å². The molecule has 2 aromatic carbocycles. The zero-order valence-electron chi connectivity index (χ0n) is 18.0. The quantitative estimate of drug-likeness (QED) is 0.657. The van der Waals surface area contributed by atoms with Crippen molar-refractivity contribution in [2.24, 2.45) is 0 Å². The number of ether oxygens (including phenoxy) is 1. The van der Waals surface area contributed by atoms with E-state index in [4.69, 9.17) is 4.74 Å². The van der Waals surface area contributed by atoms with Crippen molar-refractivity contribution in [3.05, 3.63) is 82.7 Å². The van der Waals surface area contributed by atoms with Crippen LogP contribution in [0.3, 0.4) is 0 Å². The van der Waals surface area contributed by atoms with Crippen molar-refractivity contribution in [3.8, 4) is 0 Å². The van der Waals surface area contributed by atoms with E-state index >= 15 is 0 Å². The molecule has 5 rings (SSSR count). The highest BCUT2D eigenvalue weighted by Gasteiger charge is 2.57. The molecule has 176 valence electrons. The van der Waals surface area contributed by atoms with Crippen LogP contribution in [0.2, 0.25) is 0 Å². The Hall–Kier alpha value is -3.79. The van der Waals surface area contributed by atoms with Crippen LogP contribution in [-0.4, -0.2) is 65.0 Å². The number of benzene rings is 2. The van der Waals surface area contributed by atoms with Crippen LogP contribution >= 0.6 is 0 Å². The van der Waals surface area contributed by atoms with Crippen LogP contribution in [0.15, 0.2) is 60.0 Å². The molecule has 2 saturated heterocycles. The van der Waals surface area contributed by atoms with Crippen LogP contribution in [-0.2, 0) is 31.1 Å². The number of Topliss-reactive ketones (excluding diaryl/α,β-unsaturated/α-hetero) is 1. The minimum Gasteiger partial charge on any atom is -0.503 e. The van der Waals surface area contributed by atoms with Crippen molar-refractivity contribution in [1.29, 1.82) is 0 Å². The van der Waals surface area contributed by atoms with Gasteiger partial charge in [-0.15, -0.1) is 0 Å². The van der Waals surface area contributed by atoms with E-state index in [-0.39, 0.29) is 30.9 Å². The summed E-state index contributed by atoms with van der Waals surface area (Å²) in [6, 6.07) is 11.1. The minimum absolute atomic E-state index is 0.0322. The summed E-state index contributed by atoms with van der Waals surface area (Å²) in [5.41, 5.74) is -1.71. The van der Waals surface area contributed by atoms with Gasteiger partial charge in [0.25, 0.3) is 5.91 Å². The predicted molar refractivity (Wildman–Crippen MR) is 114 cm³/mol. The number of amides is 2. The lowest BCUT2D eigenvalue weighted by Gasteiger charge is -2.46. The number of rotatable bonds is 4. The van der Waals surface area contributed by atoms with Gasteiger partial charge in [-0.3, -0.25) is 14.4 Å². The zero-order valence-corrected chi connectivity index (χ0v) is 18.0. The average molecular weight is 469 g/mol. The first-order chi connectivity index (χ1) is 16.3. The van der Waals surface area contributed by atoms with Crippen LogP contribution in [0, 0.1) is 11.6 Å². The van der Waals surface area contributed by atoms with Crippen LogP contribution in [0.4, 0.5) is 8.78 Å². The Bertz CT molecular complexity index is 1220. The number of carbonyl (C=O) groups excluding carboxylic acids is 3. The van der Waals surface area contributed by atoms with E-state index in [1.807, 2.05) is 0 Å². The Morgan fingerprint density at radius 2 is 1.94 bits per heavy atom. The number of ketones is 1. The Labute approximate surface area is 193 Å². The Kier molecular flexibility index (Phi) is 5.32. The van der Waals surface area contributed by atoms with Crippen molar-refractivity contribution in [2.75, 3.05) is 26.2 Å². The first kappa shape index (κ1) is 22.0. The van der Waals surface area contributed by atoms with Gasteiger partial charge in [-0.2, -0.15) is 0 Å². The summed E-state index contributed by atoms with van der Waals surface area (Å²) >= 11 is 0. The molecule has 34 heavy (non-hydrogen) atoms. The van der Waals surface area contributed by atoms with Gasteiger partial charge in [0.05, 0.1) is 13.2 Å². The number of aliphatic hydroxyl groups excluding tert-OH is 1. The number of nitrogens with zero attached hydrogens (tertiary/aromatic N) is 2. The molecule has 1 unspecified atom stereocenters. The number of nitrogens with one attached hydrogen (secondary N) is 1. The average Bonchev–Trinajstić information content (AvgIpc) is 3.30. The SMILES string of the molecule is O=C1C2=C(O)C(=O)C(C(=O)NCc3ccc(F)cc3F)(c3ccccc3)CN2C[C@H]2OCCN12. The van der Waals surface area contributed by atoms with Crippen molar-refractivity contribution < 1.29 is 33.0 Å². The number of halogens is 2. The molecule has 0 spiro atoms. The fourth-order valence-electron chi connectivity index (χ4n) is 4.76. The van der Waals surface area contributed by atoms with Gasteiger partial charge in [0.1, 0.15) is 23.6 Å². The molecule has 8 nitrogen and oxygen atoms in total. The largest absolute Gasteiger partial charge is 0.503 e. The van der Waals surface area contributed by atoms with Gasteiger partial charge in [-0.05, 0) is 11.6 Å². The second-order valence-corrected chi connectivity index (χ2v) is 8.42. The molecule has 10 heteroatoms. The molecule has 0 aliphatic carbocycles. The molecule has 3 aliphatic rings. The van der Waals surface area contributed by atoms with Crippen molar-refractivity contribution >= 4 is 17.6 Å². The molecule has 2 fully saturated rings. The first-order valence-electron chi connectivity index (χ1n) is 10.8. The number of hydrogen-bond donors (Lipinski definition) is 2. The standard InChI is InChI=1S/C24H21F2N3O5/c25-16-7-6-14(17(26)10-16)11-27-23(33)24(15-4-2-1-3-5-15)13-28-12-18-29(8-9-34-18)22(32)19(28)20(30)21(24)31/h1-7,10,18,30H,8-9,11-13H2,(H,27,33)/t18-,24?/m1/s1. The zero-order chi connectivity index (χ0) is 24.0. The third kappa shape index (κ3) is 3.33. The van der Waals surface area contributed by atoms with E-state index in [2.05, 4.69) is 5.32 Å². The maximum atomic E-state index is 14.1. The molecular formula is C24H21F2N3O5. The van der Waals surface area contributed by atoms with E-state index < -0.39 is 46.6 Å². The molecule has 3 heterocycles. The number of fused-ring (bicyclic) bond motifs is 2. The monoisotopic (exact) mass is 469 g/mol. The molecule has 3 aliphatic heterocycles. The summed E-state index contributed by atoms with van der Waals surface area (Å²) in [6.07, 6.45) is -0.554. The number of allylic oxidation sites excluding steroid dienone is 1. The number of hydrogen-bond acceptors (Lipinski definition) is 6. The lowest BCUT2D eigenvalue weighted by atomic mass is 9.72. The van der Waals surface area contributed by atoms with Crippen molar-refractivity contribution in [1.82, 2.24) is 15.1 Å². The third-order valence-corrected chi connectivity index (χ3v) is 6.51. The Balaban J connectivity index is 1.54. The van der Waals surface area contributed by atoms with Gasteiger partial charge in [0.2, 0.25) is 11.7 Å². The Morgan fingerprint density at radius 1 is 1.18 bits per heavy atom. The highest BCUT2D eigenvalue weighted by Crippen LogP contribution is 2.39. The molecule has 2 amide bonds. The number of piperazine rings is 1. The summed E-state index contributed by atoms with van der Waals surface area (Å²) in [6.45, 7) is 0.331. The smallest absolute Gasteiger partial charge is 0.276 e. The number of aliphatic hydroxyl groups is 1. The Morgan fingerprint density at radius 3 is 2.68 bits per heavy atom. The fraction of sp³-hybridized carbons (Fsp3) is 0.292. The summed E-state index contributed by atoms with van der Waals surface area (Å²) in [4.78, 5) is 43.1. The molecule has 0 aromatic heterocycles. The van der Waals surface area contributed by atoms with Gasteiger partial charge in [0, 0.05) is 31.3 Å². The molecule has 2 N–H and O–H groups in total. The molecule has 0 radical (unpaired) electrons. The summed E-state index contributed by atoms with van der Waals surface area (Å²) < 4.78 is 33.0. The summed E-state index contributed by atoms with van der Waals surface area (Å²) in [7, 11) is 0. The fourth-order valence-corrected chi connectivity index (χ4v) is 4.76. The molecule has 0 saturated carbocycles. The van der Waals surface area contributed by atoms with Crippen molar-refractivity contribution in [3.63, 3.8) is 0 Å². The maximum absolute atomic E-state index is 14.1. The van der Waals surface area contributed by atoms with Crippen molar-refractivity contribution in [2.45, 2.75) is 18.2 Å². The van der Waals surface area contributed by atoms with E-state index in [0.29, 0.717) is 24.8 Å². The minimum atomic E-state index is -1.90.